The fraction of sp³-hybridized carbons (Fsp3) is 0.318. The van der Waals surface area contributed by atoms with Gasteiger partial charge >= 0.3 is 0 Å². The number of guanidine groups is 1. The molecule has 6 rings (SSSR count). The monoisotopic (exact) mass is 401 g/mol. The molecule has 3 aliphatic rings. The minimum Gasteiger partial charge on any atom is -0.378 e. The van der Waals surface area contributed by atoms with Crippen molar-refractivity contribution in [3.63, 3.8) is 0 Å². The van der Waals surface area contributed by atoms with Gasteiger partial charge in [-0.1, -0.05) is 6.07 Å². The van der Waals surface area contributed by atoms with Crippen LogP contribution in [-0.2, 0) is 4.74 Å². The van der Waals surface area contributed by atoms with E-state index < -0.39 is 0 Å². The highest BCUT2D eigenvalue weighted by molar-refractivity contribution is 5.94. The Labute approximate surface area is 174 Å². The number of aromatic nitrogens is 3. The maximum absolute atomic E-state index is 5.55. The molecule has 0 spiro atoms. The molecule has 30 heavy (non-hydrogen) atoms. The Hall–Kier alpha value is -3.39. The number of aromatic amines is 1. The van der Waals surface area contributed by atoms with E-state index in [4.69, 9.17) is 9.73 Å². The highest BCUT2D eigenvalue weighted by Gasteiger charge is 2.36. The van der Waals surface area contributed by atoms with Crippen molar-refractivity contribution >= 4 is 28.4 Å². The van der Waals surface area contributed by atoms with Crippen molar-refractivity contribution in [2.45, 2.75) is 12.6 Å². The van der Waals surface area contributed by atoms with Gasteiger partial charge in [0.2, 0.25) is 5.96 Å². The van der Waals surface area contributed by atoms with E-state index in [-0.39, 0.29) is 6.17 Å². The van der Waals surface area contributed by atoms with Gasteiger partial charge in [-0.05, 0) is 30.7 Å². The minimum atomic E-state index is -0.0149. The number of nitrogens with one attached hydrogen (secondary N) is 2. The fourth-order valence-electron chi connectivity index (χ4n) is 4.51. The van der Waals surface area contributed by atoms with E-state index >= 15 is 0 Å². The molecule has 8 nitrogen and oxygen atoms in total. The molecule has 0 bridgehead atoms. The van der Waals surface area contributed by atoms with Gasteiger partial charge in [0.25, 0.3) is 0 Å². The van der Waals surface area contributed by atoms with Crippen LogP contribution < -0.4 is 10.2 Å². The number of ether oxygens (including phenoxy) is 1. The van der Waals surface area contributed by atoms with Gasteiger partial charge in [-0.15, -0.1) is 0 Å². The molecule has 5 heterocycles. The summed E-state index contributed by atoms with van der Waals surface area (Å²) in [6.07, 6.45) is 6.38. The number of hydrogen-bond acceptors (Lipinski definition) is 7. The summed E-state index contributed by atoms with van der Waals surface area (Å²) in [5, 5.41) is 3.67. The zero-order valence-corrected chi connectivity index (χ0v) is 16.6. The molecule has 0 aliphatic carbocycles. The fourth-order valence-corrected chi connectivity index (χ4v) is 4.51. The zero-order valence-electron chi connectivity index (χ0n) is 16.6. The Kier molecular flexibility index (Phi) is 4.16. The van der Waals surface area contributed by atoms with Crippen LogP contribution in [0.1, 0.15) is 12.0 Å². The number of morpholine rings is 1. The first-order valence-corrected chi connectivity index (χ1v) is 10.4. The van der Waals surface area contributed by atoms with E-state index in [1.165, 1.54) is 5.57 Å². The van der Waals surface area contributed by atoms with Gasteiger partial charge in [0.15, 0.2) is 0 Å². The number of anilines is 1. The van der Waals surface area contributed by atoms with Crippen molar-refractivity contribution in [2.75, 3.05) is 37.7 Å². The van der Waals surface area contributed by atoms with Crippen LogP contribution in [-0.4, -0.2) is 64.8 Å². The summed E-state index contributed by atoms with van der Waals surface area (Å²) in [6, 6.07) is 10.5. The predicted molar refractivity (Wildman–Crippen MR) is 116 cm³/mol. The van der Waals surface area contributed by atoms with Gasteiger partial charge in [0.05, 0.1) is 36.3 Å². The molecule has 0 amide bonds. The van der Waals surface area contributed by atoms with Crippen LogP contribution in [0.15, 0.2) is 59.6 Å². The second kappa shape index (κ2) is 7.14. The van der Waals surface area contributed by atoms with Gasteiger partial charge < -0.3 is 24.8 Å². The van der Waals surface area contributed by atoms with Crippen LogP contribution in [0, 0.1) is 0 Å². The molecule has 2 aromatic heterocycles. The van der Waals surface area contributed by atoms with Gasteiger partial charge in [0, 0.05) is 48.9 Å². The van der Waals surface area contributed by atoms with Crippen LogP contribution in [0.4, 0.5) is 5.69 Å². The van der Waals surface area contributed by atoms with Gasteiger partial charge in [0.1, 0.15) is 6.17 Å². The minimum absolute atomic E-state index is 0.0149. The van der Waals surface area contributed by atoms with E-state index in [9.17, 15) is 0 Å². The van der Waals surface area contributed by atoms with Crippen LogP contribution in [0.5, 0.6) is 0 Å². The van der Waals surface area contributed by atoms with E-state index in [2.05, 4.69) is 60.4 Å². The predicted octanol–water partition coefficient (Wildman–Crippen LogP) is 2.20. The van der Waals surface area contributed by atoms with Crippen molar-refractivity contribution < 1.29 is 4.74 Å². The first-order chi connectivity index (χ1) is 14.9. The van der Waals surface area contributed by atoms with E-state index in [0.29, 0.717) is 0 Å². The highest BCUT2D eigenvalue weighted by Crippen LogP contribution is 2.36. The standard InChI is InChI=1S/C22H23N7O/c1-2-18-19(25-14-24-18)13-15(1)20-17-5-8-29(16-3-6-23-7-4-16)21(17)27-22(26-20)28-9-11-30-12-10-28/h1-4,6-7,13-14,21H,5,8-12H2,(H,24,25)(H,26,27). The summed E-state index contributed by atoms with van der Waals surface area (Å²) >= 11 is 0. The zero-order chi connectivity index (χ0) is 19.9. The van der Waals surface area contributed by atoms with Crippen LogP contribution in [0.25, 0.3) is 16.7 Å². The third-order valence-electron chi connectivity index (χ3n) is 6.05. The number of rotatable bonds is 2. The molecule has 3 aromatic rings. The number of benzene rings is 1. The normalized spacial score (nSPS) is 21.6. The second-order valence-electron chi connectivity index (χ2n) is 7.73. The molecule has 1 aromatic carbocycles. The molecular formula is C22H23N7O. The van der Waals surface area contributed by atoms with Crippen molar-refractivity contribution in [3.05, 3.63) is 60.2 Å². The molecule has 3 aliphatic heterocycles. The molecule has 2 fully saturated rings. The van der Waals surface area contributed by atoms with E-state index in [0.717, 1.165) is 73.2 Å². The maximum Gasteiger partial charge on any atom is 0.201 e. The summed E-state index contributed by atoms with van der Waals surface area (Å²) < 4.78 is 5.55. The van der Waals surface area contributed by atoms with Gasteiger partial charge in [-0.3, -0.25) is 4.98 Å². The average molecular weight is 401 g/mol. The van der Waals surface area contributed by atoms with Gasteiger partial charge in [-0.25, -0.2) is 9.98 Å². The molecule has 0 saturated carbocycles. The van der Waals surface area contributed by atoms with Crippen LogP contribution in [0.3, 0.4) is 0 Å². The quantitative estimate of drug-likeness (QED) is 0.685. The van der Waals surface area contributed by atoms with Crippen molar-refractivity contribution in [3.8, 4) is 0 Å². The third kappa shape index (κ3) is 2.91. The highest BCUT2D eigenvalue weighted by atomic mass is 16.5. The molecule has 152 valence electrons. The number of H-pyrrole nitrogens is 1. The molecular weight excluding hydrogens is 378 g/mol. The van der Waals surface area contributed by atoms with Gasteiger partial charge in [-0.2, -0.15) is 0 Å². The molecule has 2 N–H and O–H groups in total. The summed E-state index contributed by atoms with van der Waals surface area (Å²) in [6.45, 7) is 4.07. The number of nitrogens with zero attached hydrogens (tertiary/aromatic N) is 5. The molecule has 2 saturated heterocycles. The van der Waals surface area contributed by atoms with Crippen LogP contribution in [0.2, 0.25) is 0 Å². The summed E-state index contributed by atoms with van der Waals surface area (Å²) in [4.78, 5) is 21.6. The number of aliphatic imine (C=N–C) groups is 1. The summed E-state index contributed by atoms with van der Waals surface area (Å²) in [5.74, 6) is 0.924. The number of fused-ring (bicyclic) bond motifs is 2. The SMILES string of the molecule is c1cc(N2CCC3=C(c4ccc5nc[nH]c5c4)NC(N4CCOCC4)=NC32)ccn1. The molecule has 1 atom stereocenters. The lowest BCUT2D eigenvalue weighted by Crippen LogP contribution is -2.50. The Morgan fingerprint density at radius 1 is 1.03 bits per heavy atom. The molecule has 1 unspecified atom stereocenters. The molecule has 8 heteroatoms. The van der Waals surface area contributed by atoms with Crippen LogP contribution >= 0.6 is 0 Å². The summed E-state index contributed by atoms with van der Waals surface area (Å²) in [7, 11) is 0. The first kappa shape index (κ1) is 17.5. The largest absolute Gasteiger partial charge is 0.378 e. The lowest BCUT2D eigenvalue weighted by Gasteiger charge is -2.36. The number of imidazole rings is 1. The summed E-state index contributed by atoms with van der Waals surface area (Å²) in [5.41, 5.74) is 6.80. The average Bonchev–Trinajstić information content (AvgIpc) is 3.46. The Morgan fingerprint density at radius 2 is 1.90 bits per heavy atom. The first-order valence-electron chi connectivity index (χ1n) is 10.4. The van der Waals surface area contributed by atoms with Crippen molar-refractivity contribution in [1.29, 1.82) is 0 Å². The smallest absolute Gasteiger partial charge is 0.201 e. The third-order valence-corrected chi connectivity index (χ3v) is 6.05. The molecule has 0 radical (unpaired) electrons. The Balaban J connectivity index is 1.44. The van der Waals surface area contributed by atoms with E-state index in [1.807, 2.05) is 12.4 Å². The lowest BCUT2D eigenvalue weighted by molar-refractivity contribution is 0.0667. The number of pyridine rings is 1. The number of hydrogen-bond donors (Lipinski definition) is 2. The Morgan fingerprint density at radius 3 is 2.77 bits per heavy atom. The topological polar surface area (TPSA) is 81.7 Å². The van der Waals surface area contributed by atoms with Crippen molar-refractivity contribution in [1.82, 2.24) is 25.2 Å². The maximum atomic E-state index is 5.55. The second-order valence-corrected chi connectivity index (χ2v) is 7.73. The van der Waals surface area contributed by atoms with Crippen molar-refractivity contribution in [2.24, 2.45) is 4.99 Å². The Bertz CT molecular complexity index is 1130. The van der Waals surface area contributed by atoms with E-state index in [1.54, 1.807) is 6.33 Å². The lowest BCUT2D eigenvalue weighted by atomic mass is 10.0.